The molecule has 1 aromatic carbocycles. The van der Waals surface area contributed by atoms with E-state index in [2.05, 4.69) is 20.3 Å². The molecule has 3 aromatic rings. The number of rotatable bonds is 4. The summed E-state index contributed by atoms with van der Waals surface area (Å²) in [5, 5.41) is 3.32. The molecule has 0 aliphatic carbocycles. The Bertz CT molecular complexity index is 949. The summed E-state index contributed by atoms with van der Waals surface area (Å²) in [6.45, 7) is 1.24. The maximum atomic E-state index is 13.4. The molecular weight excluding hydrogens is 357 g/mol. The van der Waals surface area contributed by atoms with E-state index in [1.54, 1.807) is 35.8 Å². The Morgan fingerprint density at radius 3 is 2.68 bits per heavy atom. The number of carbonyl (C=O) groups is 1. The van der Waals surface area contributed by atoms with Crippen molar-refractivity contribution in [3.63, 3.8) is 0 Å². The Kier molecular flexibility index (Phi) is 5.23. The van der Waals surface area contributed by atoms with Crippen LogP contribution in [0.15, 0.2) is 61.2 Å². The molecule has 1 fully saturated rings. The largest absolute Gasteiger partial charge is 0.380 e. The van der Waals surface area contributed by atoms with E-state index < -0.39 is 0 Å². The first-order chi connectivity index (χ1) is 13.7. The fraction of sp³-hybridized carbons (Fsp3) is 0.238. The third-order valence-corrected chi connectivity index (χ3v) is 4.74. The van der Waals surface area contributed by atoms with Crippen molar-refractivity contribution in [1.29, 1.82) is 0 Å². The van der Waals surface area contributed by atoms with E-state index in [9.17, 15) is 9.18 Å². The zero-order chi connectivity index (χ0) is 19.3. The molecule has 1 aliphatic rings. The van der Waals surface area contributed by atoms with Crippen molar-refractivity contribution in [2.45, 2.75) is 18.9 Å². The molecule has 4 rings (SSSR count). The molecule has 1 saturated heterocycles. The molecule has 3 heterocycles. The van der Waals surface area contributed by atoms with Crippen molar-refractivity contribution in [2.75, 3.05) is 18.4 Å². The highest BCUT2D eigenvalue weighted by Crippen LogP contribution is 2.19. The third kappa shape index (κ3) is 4.14. The van der Waals surface area contributed by atoms with Crippen LogP contribution >= 0.6 is 0 Å². The highest BCUT2D eigenvalue weighted by atomic mass is 19.1. The Balaban J connectivity index is 1.42. The number of halogens is 1. The lowest BCUT2D eigenvalue weighted by atomic mass is 10.0. The summed E-state index contributed by atoms with van der Waals surface area (Å²) in [5.74, 6) is 0.190. The van der Waals surface area contributed by atoms with Crippen LogP contribution in [0.3, 0.4) is 0 Å². The van der Waals surface area contributed by atoms with Gasteiger partial charge in [0.05, 0.1) is 5.56 Å². The van der Waals surface area contributed by atoms with Gasteiger partial charge in [0.1, 0.15) is 5.82 Å². The van der Waals surface area contributed by atoms with Crippen molar-refractivity contribution in [1.82, 2.24) is 19.9 Å². The van der Waals surface area contributed by atoms with E-state index in [1.165, 1.54) is 12.1 Å². The lowest BCUT2D eigenvalue weighted by Crippen LogP contribution is -2.45. The highest BCUT2D eigenvalue weighted by molar-refractivity contribution is 5.93. The number of benzene rings is 1. The van der Waals surface area contributed by atoms with Crippen LogP contribution in [0.1, 0.15) is 23.2 Å². The Morgan fingerprint density at radius 2 is 1.93 bits per heavy atom. The van der Waals surface area contributed by atoms with E-state index in [0.717, 1.165) is 24.1 Å². The second-order valence-corrected chi connectivity index (χ2v) is 6.78. The van der Waals surface area contributed by atoms with Gasteiger partial charge in [0, 0.05) is 55.2 Å². The Hall–Kier alpha value is -3.35. The van der Waals surface area contributed by atoms with Gasteiger partial charge in [-0.1, -0.05) is 6.07 Å². The van der Waals surface area contributed by atoms with Gasteiger partial charge >= 0.3 is 0 Å². The molecular formula is C21H20FN5O. The number of anilines is 1. The zero-order valence-electron chi connectivity index (χ0n) is 15.3. The minimum atomic E-state index is -0.278. The van der Waals surface area contributed by atoms with Gasteiger partial charge in [0.2, 0.25) is 0 Å². The van der Waals surface area contributed by atoms with Crippen LogP contribution < -0.4 is 5.32 Å². The van der Waals surface area contributed by atoms with Gasteiger partial charge in [-0.25, -0.2) is 14.4 Å². The molecule has 2 aromatic heterocycles. The monoisotopic (exact) mass is 377 g/mol. The number of nitrogens with zero attached hydrogens (tertiary/aromatic N) is 4. The van der Waals surface area contributed by atoms with Gasteiger partial charge in [-0.3, -0.25) is 9.78 Å². The number of pyridine rings is 1. The second-order valence-electron chi connectivity index (χ2n) is 6.78. The smallest absolute Gasteiger partial charge is 0.257 e. The number of amides is 1. The van der Waals surface area contributed by atoms with E-state index in [1.807, 2.05) is 18.2 Å². The first-order valence-corrected chi connectivity index (χ1v) is 9.23. The first-order valence-electron chi connectivity index (χ1n) is 9.23. The van der Waals surface area contributed by atoms with Gasteiger partial charge in [-0.2, -0.15) is 0 Å². The van der Waals surface area contributed by atoms with E-state index >= 15 is 0 Å². The topological polar surface area (TPSA) is 71.0 Å². The number of nitrogens with one attached hydrogen (secondary N) is 1. The lowest BCUT2D eigenvalue weighted by molar-refractivity contribution is 0.0714. The predicted octanol–water partition coefficient (Wildman–Crippen LogP) is 3.39. The second kappa shape index (κ2) is 8.12. The van der Waals surface area contributed by atoms with Crippen molar-refractivity contribution < 1.29 is 9.18 Å². The van der Waals surface area contributed by atoms with E-state index in [0.29, 0.717) is 24.5 Å². The van der Waals surface area contributed by atoms with Gasteiger partial charge in [0.15, 0.2) is 5.82 Å². The molecule has 1 amide bonds. The maximum absolute atomic E-state index is 13.4. The van der Waals surface area contributed by atoms with Crippen LogP contribution in [0.2, 0.25) is 0 Å². The molecule has 6 nitrogen and oxygen atoms in total. The number of hydrogen-bond acceptors (Lipinski definition) is 5. The zero-order valence-corrected chi connectivity index (χ0v) is 15.3. The fourth-order valence-electron chi connectivity index (χ4n) is 3.36. The van der Waals surface area contributed by atoms with Gasteiger partial charge < -0.3 is 10.2 Å². The van der Waals surface area contributed by atoms with Crippen molar-refractivity contribution >= 4 is 11.6 Å². The Labute approximate surface area is 162 Å². The summed E-state index contributed by atoms with van der Waals surface area (Å²) < 4.78 is 13.4. The summed E-state index contributed by atoms with van der Waals surface area (Å²) in [6, 6.07) is 10.1. The van der Waals surface area contributed by atoms with Crippen molar-refractivity contribution in [3.8, 4) is 11.4 Å². The molecule has 1 N–H and O–H groups in total. The minimum Gasteiger partial charge on any atom is -0.380 e. The average molecular weight is 377 g/mol. The predicted molar refractivity (Wildman–Crippen MR) is 104 cm³/mol. The summed E-state index contributed by atoms with van der Waals surface area (Å²) in [7, 11) is 0. The number of carbonyl (C=O) groups excluding carboxylic acids is 1. The van der Waals surface area contributed by atoms with Crippen LogP contribution in [0.4, 0.5) is 10.1 Å². The van der Waals surface area contributed by atoms with E-state index in [4.69, 9.17) is 0 Å². The average Bonchev–Trinajstić information content (AvgIpc) is 2.74. The highest BCUT2D eigenvalue weighted by Gasteiger charge is 2.25. The molecule has 28 heavy (non-hydrogen) atoms. The number of likely N-dealkylation sites (tertiary alicyclic amines) is 1. The minimum absolute atomic E-state index is 0.0801. The Morgan fingerprint density at radius 1 is 1.14 bits per heavy atom. The van der Waals surface area contributed by atoms with E-state index in [-0.39, 0.29) is 17.8 Å². The van der Waals surface area contributed by atoms with Gasteiger partial charge in [-0.15, -0.1) is 0 Å². The lowest BCUT2D eigenvalue weighted by Gasteiger charge is -2.33. The SMILES string of the molecule is O=C(c1cnc(-c2ccncc2)nc1)N1CCC[C@H](Nc2cccc(F)c2)C1. The summed E-state index contributed by atoms with van der Waals surface area (Å²) in [5.41, 5.74) is 2.04. The fourth-order valence-corrected chi connectivity index (χ4v) is 3.36. The molecule has 0 radical (unpaired) electrons. The van der Waals surface area contributed by atoms with Crippen molar-refractivity contribution in [3.05, 3.63) is 72.6 Å². The van der Waals surface area contributed by atoms with Crippen LogP contribution in [-0.2, 0) is 0 Å². The van der Waals surface area contributed by atoms with Crippen molar-refractivity contribution in [2.24, 2.45) is 0 Å². The number of hydrogen-bond donors (Lipinski definition) is 1. The molecule has 1 atom stereocenters. The van der Waals surface area contributed by atoms with Crippen LogP contribution in [0.25, 0.3) is 11.4 Å². The third-order valence-electron chi connectivity index (χ3n) is 4.74. The molecule has 0 unspecified atom stereocenters. The first kappa shape index (κ1) is 18.0. The maximum Gasteiger partial charge on any atom is 0.257 e. The van der Waals surface area contributed by atoms with Crippen LogP contribution in [0.5, 0.6) is 0 Å². The molecule has 0 bridgehead atoms. The number of piperidine rings is 1. The summed E-state index contributed by atoms with van der Waals surface area (Å²) in [6.07, 6.45) is 8.30. The molecule has 7 heteroatoms. The van der Waals surface area contributed by atoms with Gasteiger partial charge in [-0.05, 0) is 43.2 Å². The standard InChI is InChI=1S/C21H20FN5O/c22-17-3-1-4-18(11-17)26-19-5-2-10-27(14-19)21(28)16-12-24-20(25-13-16)15-6-8-23-9-7-15/h1,3-4,6-9,11-13,19,26H,2,5,10,14H2/t19-/m0/s1. The summed E-state index contributed by atoms with van der Waals surface area (Å²) >= 11 is 0. The van der Waals surface area contributed by atoms with Gasteiger partial charge in [0.25, 0.3) is 5.91 Å². The van der Waals surface area contributed by atoms with Crippen LogP contribution in [-0.4, -0.2) is 44.9 Å². The van der Waals surface area contributed by atoms with Crippen LogP contribution in [0, 0.1) is 5.82 Å². The molecule has 0 spiro atoms. The summed E-state index contributed by atoms with van der Waals surface area (Å²) in [4.78, 5) is 27.3. The molecule has 1 aliphatic heterocycles. The quantitative estimate of drug-likeness (QED) is 0.755. The number of aromatic nitrogens is 3. The normalized spacial score (nSPS) is 16.6. The molecule has 0 saturated carbocycles. The molecule has 142 valence electrons.